The highest BCUT2D eigenvalue weighted by Gasteiger charge is 2.34. The lowest BCUT2D eigenvalue weighted by Gasteiger charge is -2.16. The van der Waals surface area contributed by atoms with Gasteiger partial charge in [-0.05, 0) is 36.3 Å². The van der Waals surface area contributed by atoms with Crippen molar-refractivity contribution in [2.45, 2.75) is 41.2 Å². The van der Waals surface area contributed by atoms with Gasteiger partial charge in [-0.2, -0.15) is 18.4 Å². The van der Waals surface area contributed by atoms with Gasteiger partial charge in [0.05, 0.1) is 17.4 Å². The molecule has 11 nitrogen and oxygen atoms in total. The number of Topliss-reactive ketones (excluding diaryl/α,β-unsaturated/α-hetero) is 1. The number of benzene rings is 1. The topological polar surface area (TPSA) is 160 Å². The summed E-state index contributed by atoms with van der Waals surface area (Å²) in [7, 11) is -4.10. The molecule has 0 spiro atoms. The summed E-state index contributed by atoms with van der Waals surface area (Å²) in [4.78, 5) is 29.2. The van der Waals surface area contributed by atoms with Gasteiger partial charge in [-0.25, -0.2) is 18.2 Å². The summed E-state index contributed by atoms with van der Waals surface area (Å²) < 4.78 is 64.1. The lowest BCUT2D eigenvalue weighted by Crippen LogP contribution is -2.22. The summed E-state index contributed by atoms with van der Waals surface area (Å²) in [6, 6.07) is 1.59. The zero-order valence-corrected chi connectivity index (χ0v) is 18.7. The molecule has 34 heavy (non-hydrogen) atoms. The lowest BCUT2D eigenvalue weighted by atomic mass is 9.93. The van der Waals surface area contributed by atoms with Crippen molar-refractivity contribution in [2.75, 3.05) is 10.6 Å². The number of ketones is 1. The number of carbonyl (C=O) groups is 2. The molecule has 1 aliphatic rings. The number of anilines is 2. The molecule has 2 aromatic heterocycles. The summed E-state index contributed by atoms with van der Waals surface area (Å²) in [6.07, 6.45) is -0.934. The highest BCUT2D eigenvalue weighted by molar-refractivity contribution is 7.93. The number of rotatable bonds is 6. The normalized spacial score (nSPS) is 14.8. The number of tetrazole rings is 1. The molecular formula is C18H16F3N7O4S2. The second-order valence-electron chi connectivity index (χ2n) is 7.37. The zero-order valence-electron chi connectivity index (χ0n) is 17.1. The fourth-order valence-electron chi connectivity index (χ4n) is 3.49. The highest BCUT2D eigenvalue weighted by Crippen LogP contribution is 2.35. The minimum atomic E-state index is -4.66. The van der Waals surface area contributed by atoms with Crippen molar-refractivity contribution in [1.29, 1.82) is 0 Å². The van der Waals surface area contributed by atoms with E-state index < -0.39 is 44.5 Å². The fraction of sp³-hybridized carbons (Fsp3) is 0.333. The van der Waals surface area contributed by atoms with E-state index in [9.17, 15) is 31.2 Å². The van der Waals surface area contributed by atoms with E-state index in [0.717, 1.165) is 37.2 Å². The number of carbonyl (C=O) groups excluding carboxylic acids is 2. The van der Waals surface area contributed by atoms with Crippen LogP contribution in [0.5, 0.6) is 0 Å². The van der Waals surface area contributed by atoms with Gasteiger partial charge in [-0.1, -0.05) is 29.3 Å². The molecule has 0 aliphatic heterocycles. The van der Waals surface area contributed by atoms with Crippen molar-refractivity contribution < 1.29 is 31.2 Å². The average Bonchev–Trinajstić information content (AvgIpc) is 3.55. The van der Waals surface area contributed by atoms with Crippen LogP contribution in [0.15, 0.2) is 33.8 Å². The maximum Gasteiger partial charge on any atom is 0.416 e. The van der Waals surface area contributed by atoms with Gasteiger partial charge < -0.3 is 5.32 Å². The summed E-state index contributed by atoms with van der Waals surface area (Å²) in [5.41, 5.74) is -1.34. The molecule has 1 saturated carbocycles. The van der Waals surface area contributed by atoms with Crippen molar-refractivity contribution in [1.82, 2.24) is 25.6 Å². The average molecular weight is 515 g/mol. The van der Waals surface area contributed by atoms with Gasteiger partial charge in [0.15, 0.2) is 10.9 Å². The Hall–Kier alpha value is -3.40. The first-order valence-corrected chi connectivity index (χ1v) is 12.1. The quantitative estimate of drug-likeness (QED) is 0.420. The van der Waals surface area contributed by atoms with Crippen molar-refractivity contribution >= 4 is 43.8 Å². The molecule has 2 heterocycles. The van der Waals surface area contributed by atoms with E-state index in [1.807, 2.05) is 5.21 Å². The SMILES string of the molecule is O=C(Nc1ncc(S(=O)(=O)c2nn[nH]n2)s1)Nc1ccc(C(F)(F)F)cc1C(=O)C1CCCC1. The van der Waals surface area contributed by atoms with Crippen molar-refractivity contribution in [2.24, 2.45) is 5.92 Å². The first-order valence-electron chi connectivity index (χ1n) is 9.83. The molecule has 1 aromatic carbocycles. The number of urea groups is 1. The third-order valence-corrected chi connectivity index (χ3v) is 8.03. The monoisotopic (exact) mass is 515 g/mol. The number of hydrogen-bond donors (Lipinski definition) is 3. The molecule has 1 aliphatic carbocycles. The molecule has 16 heteroatoms. The predicted molar refractivity (Wildman–Crippen MR) is 112 cm³/mol. The highest BCUT2D eigenvalue weighted by atomic mass is 32.2. The van der Waals surface area contributed by atoms with Gasteiger partial charge in [0.2, 0.25) is 0 Å². The lowest BCUT2D eigenvalue weighted by molar-refractivity contribution is -0.137. The molecule has 3 N–H and O–H groups in total. The van der Waals surface area contributed by atoms with Crippen molar-refractivity contribution in [3.63, 3.8) is 0 Å². The largest absolute Gasteiger partial charge is 0.416 e. The van der Waals surface area contributed by atoms with E-state index in [1.165, 1.54) is 0 Å². The van der Waals surface area contributed by atoms with Crippen LogP contribution in [0, 0.1) is 5.92 Å². The maximum atomic E-state index is 13.2. The van der Waals surface area contributed by atoms with Crippen LogP contribution in [0.1, 0.15) is 41.6 Å². The number of H-pyrrole nitrogens is 1. The zero-order chi connectivity index (χ0) is 24.5. The molecule has 1 fully saturated rings. The molecule has 2 amide bonds. The summed E-state index contributed by atoms with van der Waals surface area (Å²) in [5.74, 6) is -0.884. The molecule has 0 atom stereocenters. The molecule has 0 saturated heterocycles. The Morgan fingerprint density at radius 2 is 1.88 bits per heavy atom. The van der Waals surface area contributed by atoms with E-state index in [4.69, 9.17) is 0 Å². The first kappa shape index (κ1) is 23.7. The Morgan fingerprint density at radius 1 is 1.15 bits per heavy atom. The van der Waals surface area contributed by atoms with E-state index in [0.29, 0.717) is 24.2 Å². The van der Waals surface area contributed by atoms with Crippen LogP contribution >= 0.6 is 11.3 Å². The van der Waals surface area contributed by atoms with E-state index in [2.05, 4.69) is 31.0 Å². The Morgan fingerprint density at radius 3 is 2.53 bits per heavy atom. The molecule has 180 valence electrons. The Balaban J connectivity index is 1.54. The van der Waals surface area contributed by atoms with Crippen LogP contribution < -0.4 is 10.6 Å². The molecular weight excluding hydrogens is 499 g/mol. The third-order valence-electron chi connectivity index (χ3n) is 5.12. The second kappa shape index (κ2) is 9.09. The van der Waals surface area contributed by atoms with Crippen LogP contribution in [0.25, 0.3) is 0 Å². The van der Waals surface area contributed by atoms with Crippen LogP contribution in [-0.2, 0) is 16.0 Å². The number of hydrogen-bond acceptors (Lipinski definition) is 9. The maximum absolute atomic E-state index is 13.2. The number of thiazole rings is 1. The van der Waals surface area contributed by atoms with Gasteiger partial charge in [-0.15, -0.1) is 5.10 Å². The standard InChI is InChI=1S/C18H16F3N7O4S2/c19-18(20,21)10-5-6-12(11(7-10)14(29)9-3-1-2-4-9)23-15(30)24-16-22-8-13(33-16)34(31,32)17-25-27-28-26-17/h5-9H,1-4H2,(H2,22,23,24,30)(H,25,26,27,28). The smallest absolute Gasteiger partial charge is 0.307 e. The van der Waals surface area contributed by atoms with E-state index >= 15 is 0 Å². The first-order chi connectivity index (χ1) is 16.1. The fourth-order valence-corrected chi connectivity index (χ4v) is 5.61. The van der Waals surface area contributed by atoms with Crippen LogP contribution in [0.3, 0.4) is 0 Å². The number of alkyl halides is 3. The number of halogens is 3. The number of aromatic nitrogens is 5. The summed E-state index contributed by atoms with van der Waals surface area (Å²) in [6.45, 7) is 0. The molecule has 0 unspecified atom stereocenters. The minimum Gasteiger partial charge on any atom is -0.307 e. The van der Waals surface area contributed by atoms with E-state index in [1.54, 1.807) is 0 Å². The van der Waals surface area contributed by atoms with Gasteiger partial charge in [0, 0.05) is 11.5 Å². The molecule has 0 bridgehead atoms. The molecule has 4 rings (SSSR count). The van der Waals surface area contributed by atoms with Crippen molar-refractivity contribution in [3.05, 3.63) is 35.5 Å². The van der Waals surface area contributed by atoms with Gasteiger partial charge in [0.25, 0.3) is 15.0 Å². The van der Waals surface area contributed by atoms with Crippen molar-refractivity contribution in [3.8, 4) is 0 Å². The van der Waals surface area contributed by atoms with Crippen LogP contribution in [0.2, 0.25) is 0 Å². The van der Waals surface area contributed by atoms with Gasteiger partial charge >= 0.3 is 12.2 Å². The Kier molecular flexibility index (Phi) is 6.35. The van der Waals surface area contributed by atoms with Gasteiger partial charge in [0.1, 0.15) is 4.21 Å². The number of sulfone groups is 1. The predicted octanol–water partition coefficient (Wildman–Crippen LogP) is 3.52. The minimum absolute atomic E-state index is 0.0985. The van der Waals surface area contributed by atoms with Crippen LogP contribution in [-0.4, -0.2) is 45.8 Å². The molecule has 0 radical (unpaired) electrons. The van der Waals surface area contributed by atoms with Crippen LogP contribution in [0.4, 0.5) is 28.8 Å². The molecule has 3 aromatic rings. The second-order valence-corrected chi connectivity index (χ2v) is 10.5. The number of amides is 2. The number of nitrogens with zero attached hydrogens (tertiary/aromatic N) is 4. The Labute approximate surface area is 194 Å². The summed E-state index contributed by atoms with van der Waals surface area (Å²) >= 11 is 0.605. The van der Waals surface area contributed by atoms with E-state index in [-0.39, 0.29) is 20.6 Å². The number of aromatic amines is 1. The Bertz CT molecular complexity index is 1320. The number of nitrogens with one attached hydrogen (secondary N) is 3. The third kappa shape index (κ3) is 4.91. The summed E-state index contributed by atoms with van der Waals surface area (Å²) in [5, 5.41) is 16.0. The van der Waals surface area contributed by atoms with Gasteiger partial charge in [-0.3, -0.25) is 10.1 Å².